The van der Waals surface area contributed by atoms with Crippen LogP contribution in [0.5, 0.6) is 5.75 Å². The lowest BCUT2D eigenvalue weighted by molar-refractivity contribution is 0.102. The van der Waals surface area contributed by atoms with Crippen LogP contribution in [0.25, 0.3) is 0 Å². The van der Waals surface area contributed by atoms with Crippen LogP contribution in [0.2, 0.25) is 5.02 Å². The lowest BCUT2D eigenvalue weighted by atomic mass is 10.1. The number of rotatable bonds is 4. The van der Waals surface area contributed by atoms with Crippen LogP contribution in [0.1, 0.15) is 15.9 Å². The molecule has 0 aliphatic heterocycles. The van der Waals surface area contributed by atoms with Crippen LogP contribution in [0.4, 0.5) is 5.69 Å². The average Bonchev–Trinajstić information content (AvgIpc) is 2.48. The molecule has 7 heteroatoms. The molecule has 0 aliphatic rings. The van der Waals surface area contributed by atoms with Gasteiger partial charge in [0.25, 0.3) is 5.91 Å². The Hall–Kier alpha value is -2.05. The van der Waals surface area contributed by atoms with Crippen LogP contribution in [0.15, 0.2) is 41.3 Å². The van der Waals surface area contributed by atoms with Crippen LogP contribution in [-0.2, 0) is 9.84 Å². The number of hydrogen-bond donors (Lipinski definition) is 1. The van der Waals surface area contributed by atoms with Crippen LogP contribution >= 0.6 is 11.6 Å². The first-order valence-electron chi connectivity index (χ1n) is 6.68. The molecule has 0 fully saturated rings. The first-order valence-corrected chi connectivity index (χ1v) is 8.95. The number of ether oxygens (including phenoxy) is 1. The number of aryl methyl sites for hydroxylation is 1. The van der Waals surface area contributed by atoms with Crippen molar-refractivity contribution in [3.8, 4) is 5.75 Å². The molecule has 0 radical (unpaired) electrons. The fourth-order valence-electron chi connectivity index (χ4n) is 2.01. The molecule has 0 heterocycles. The Morgan fingerprint density at radius 3 is 2.48 bits per heavy atom. The van der Waals surface area contributed by atoms with Crippen molar-refractivity contribution < 1.29 is 17.9 Å². The van der Waals surface area contributed by atoms with Crippen LogP contribution in [0.3, 0.4) is 0 Å². The average molecular weight is 354 g/mol. The lowest BCUT2D eigenvalue weighted by Crippen LogP contribution is -2.14. The number of benzene rings is 2. The Kier molecular flexibility index (Phi) is 4.97. The summed E-state index contributed by atoms with van der Waals surface area (Å²) in [5.41, 5.74) is 1.43. The van der Waals surface area contributed by atoms with Gasteiger partial charge in [-0.2, -0.15) is 0 Å². The number of carbonyl (C=O) groups excluding carboxylic acids is 1. The summed E-state index contributed by atoms with van der Waals surface area (Å²) in [6.07, 6.45) is 1.11. The second kappa shape index (κ2) is 6.60. The molecular weight excluding hydrogens is 338 g/mol. The molecule has 122 valence electrons. The SMILES string of the molecule is COc1ccc(Cl)cc1C(=O)Nc1cc(S(C)(=O)=O)ccc1C. The van der Waals surface area contributed by atoms with Gasteiger partial charge in [0.2, 0.25) is 0 Å². The predicted octanol–water partition coefficient (Wildman–Crippen LogP) is 3.31. The van der Waals surface area contributed by atoms with Gasteiger partial charge >= 0.3 is 0 Å². The molecule has 2 aromatic carbocycles. The van der Waals surface area contributed by atoms with Gasteiger partial charge in [0, 0.05) is 17.0 Å². The van der Waals surface area contributed by atoms with E-state index in [0.29, 0.717) is 16.5 Å². The second-order valence-corrected chi connectivity index (χ2v) is 7.50. The zero-order valence-corrected chi connectivity index (χ0v) is 14.5. The molecule has 2 rings (SSSR count). The molecule has 0 atom stereocenters. The van der Waals surface area contributed by atoms with Gasteiger partial charge in [-0.1, -0.05) is 17.7 Å². The molecule has 0 saturated heterocycles. The topological polar surface area (TPSA) is 72.5 Å². The van der Waals surface area contributed by atoms with Gasteiger partial charge in [-0.05, 0) is 42.8 Å². The molecule has 1 amide bonds. The van der Waals surface area contributed by atoms with E-state index in [1.165, 1.54) is 25.3 Å². The molecule has 0 unspecified atom stereocenters. The van der Waals surface area contributed by atoms with Crippen molar-refractivity contribution in [1.29, 1.82) is 0 Å². The van der Waals surface area contributed by atoms with Crippen LogP contribution in [0, 0.1) is 6.92 Å². The van der Waals surface area contributed by atoms with Crippen molar-refractivity contribution in [2.75, 3.05) is 18.7 Å². The van der Waals surface area contributed by atoms with Crippen molar-refractivity contribution in [3.63, 3.8) is 0 Å². The highest BCUT2D eigenvalue weighted by Gasteiger charge is 2.16. The number of methoxy groups -OCH3 is 1. The quantitative estimate of drug-likeness (QED) is 0.915. The van der Waals surface area contributed by atoms with Crippen LogP contribution in [-0.4, -0.2) is 27.7 Å². The number of halogens is 1. The summed E-state index contributed by atoms with van der Waals surface area (Å²) < 4.78 is 28.4. The monoisotopic (exact) mass is 353 g/mol. The zero-order valence-electron chi connectivity index (χ0n) is 12.9. The van der Waals surface area contributed by atoms with Crippen molar-refractivity contribution in [3.05, 3.63) is 52.5 Å². The third kappa shape index (κ3) is 4.03. The Labute approximate surface area is 140 Å². The van der Waals surface area contributed by atoms with Gasteiger partial charge in [-0.25, -0.2) is 8.42 Å². The zero-order chi connectivity index (χ0) is 17.2. The summed E-state index contributed by atoms with van der Waals surface area (Å²) >= 11 is 5.92. The fraction of sp³-hybridized carbons (Fsp3) is 0.188. The number of sulfone groups is 1. The summed E-state index contributed by atoms with van der Waals surface area (Å²) in [5, 5.41) is 3.10. The molecule has 1 N–H and O–H groups in total. The lowest BCUT2D eigenvalue weighted by Gasteiger charge is -2.12. The van der Waals surface area contributed by atoms with Gasteiger partial charge in [0.1, 0.15) is 5.75 Å². The van der Waals surface area contributed by atoms with Gasteiger partial charge in [0.05, 0.1) is 17.6 Å². The number of carbonyl (C=O) groups is 1. The largest absolute Gasteiger partial charge is 0.496 e. The highest BCUT2D eigenvalue weighted by Crippen LogP contribution is 2.25. The summed E-state index contributed by atoms with van der Waals surface area (Å²) in [7, 11) is -1.91. The van der Waals surface area contributed by atoms with Crippen molar-refractivity contribution in [1.82, 2.24) is 0 Å². The van der Waals surface area contributed by atoms with E-state index in [-0.39, 0.29) is 10.5 Å². The number of amides is 1. The summed E-state index contributed by atoms with van der Waals surface area (Å²) in [5.74, 6) is -0.0538. The minimum atomic E-state index is -3.36. The minimum Gasteiger partial charge on any atom is -0.496 e. The van der Waals surface area contributed by atoms with E-state index in [2.05, 4.69) is 5.32 Å². The van der Waals surface area contributed by atoms with E-state index in [9.17, 15) is 13.2 Å². The summed E-state index contributed by atoms with van der Waals surface area (Å²) in [6, 6.07) is 9.27. The standard InChI is InChI=1S/C16H16ClNO4S/c1-10-4-6-12(23(3,20)21)9-14(10)18-16(19)13-8-11(17)5-7-15(13)22-2/h4-9H,1-3H3,(H,18,19). The summed E-state index contributed by atoms with van der Waals surface area (Å²) in [4.78, 5) is 12.6. The minimum absolute atomic E-state index is 0.136. The molecule has 23 heavy (non-hydrogen) atoms. The van der Waals surface area contributed by atoms with Crippen LogP contribution < -0.4 is 10.1 Å². The maximum Gasteiger partial charge on any atom is 0.259 e. The van der Waals surface area contributed by atoms with E-state index < -0.39 is 15.7 Å². The van der Waals surface area contributed by atoms with Gasteiger partial charge in [-0.3, -0.25) is 4.79 Å². The maximum atomic E-state index is 12.5. The van der Waals surface area contributed by atoms with E-state index in [1.54, 1.807) is 25.1 Å². The molecule has 5 nitrogen and oxygen atoms in total. The molecule has 0 saturated carbocycles. The fourth-order valence-corrected chi connectivity index (χ4v) is 2.83. The first kappa shape index (κ1) is 17.3. The van der Waals surface area contributed by atoms with E-state index in [1.807, 2.05) is 0 Å². The molecule has 0 bridgehead atoms. The molecule has 0 aliphatic carbocycles. The van der Waals surface area contributed by atoms with Gasteiger partial charge in [0.15, 0.2) is 9.84 Å². The predicted molar refractivity (Wildman–Crippen MR) is 90.2 cm³/mol. The van der Waals surface area contributed by atoms with Gasteiger partial charge in [-0.15, -0.1) is 0 Å². The van der Waals surface area contributed by atoms with Crippen molar-refractivity contribution in [2.45, 2.75) is 11.8 Å². The number of anilines is 1. The Morgan fingerprint density at radius 1 is 1.17 bits per heavy atom. The normalized spacial score (nSPS) is 11.1. The van der Waals surface area contributed by atoms with E-state index in [0.717, 1.165) is 11.8 Å². The second-order valence-electron chi connectivity index (χ2n) is 5.05. The third-order valence-corrected chi connectivity index (χ3v) is 4.64. The van der Waals surface area contributed by atoms with Crippen molar-refractivity contribution >= 4 is 33.0 Å². The number of hydrogen-bond acceptors (Lipinski definition) is 4. The Balaban J connectivity index is 2.40. The van der Waals surface area contributed by atoms with Crippen molar-refractivity contribution in [2.24, 2.45) is 0 Å². The molecule has 2 aromatic rings. The van der Waals surface area contributed by atoms with E-state index >= 15 is 0 Å². The smallest absolute Gasteiger partial charge is 0.259 e. The number of nitrogens with one attached hydrogen (secondary N) is 1. The molecule has 0 aromatic heterocycles. The summed E-state index contributed by atoms with van der Waals surface area (Å²) in [6.45, 7) is 1.77. The highest BCUT2D eigenvalue weighted by molar-refractivity contribution is 7.90. The van der Waals surface area contributed by atoms with Gasteiger partial charge < -0.3 is 10.1 Å². The van der Waals surface area contributed by atoms with E-state index in [4.69, 9.17) is 16.3 Å². The molecule has 0 spiro atoms. The Bertz CT molecular complexity index is 862. The Morgan fingerprint density at radius 2 is 1.87 bits per heavy atom. The molecular formula is C16H16ClNO4S. The first-order chi connectivity index (χ1) is 10.7. The highest BCUT2D eigenvalue weighted by atomic mass is 35.5. The maximum absolute atomic E-state index is 12.5. The third-order valence-electron chi connectivity index (χ3n) is 3.29.